The lowest BCUT2D eigenvalue weighted by Gasteiger charge is -2.24. The average molecular weight is 397 g/mol. The molecule has 0 aromatic carbocycles. The van der Waals surface area contributed by atoms with Crippen molar-refractivity contribution in [3.63, 3.8) is 0 Å². The van der Waals surface area contributed by atoms with Crippen LogP contribution in [0.5, 0.6) is 5.88 Å². The molecule has 0 bridgehead atoms. The Morgan fingerprint density at radius 3 is 2.75 bits per heavy atom. The molecule has 1 fully saturated rings. The van der Waals surface area contributed by atoms with E-state index in [9.17, 15) is 0 Å². The Morgan fingerprint density at radius 1 is 1.42 bits per heavy atom. The number of oxime groups is 1. The molecule has 0 saturated heterocycles. The van der Waals surface area contributed by atoms with E-state index in [1.54, 1.807) is 7.11 Å². The van der Waals surface area contributed by atoms with Gasteiger partial charge in [0.05, 0.1) is 27.9 Å². The second kappa shape index (κ2) is 9.01. The number of halogens is 1. The Hall–Kier alpha value is -1.63. The van der Waals surface area contributed by atoms with E-state index < -0.39 is 0 Å². The highest BCUT2D eigenvalue weighted by atomic mass is 79.9. The monoisotopic (exact) mass is 396 g/mol. The van der Waals surface area contributed by atoms with Crippen LogP contribution in [0.15, 0.2) is 20.7 Å². The van der Waals surface area contributed by atoms with Crippen LogP contribution in [0, 0.1) is 6.92 Å². The van der Waals surface area contributed by atoms with Gasteiger partial charge in [-0.3, -0.25) is 0 Å². The first-order chi connectivity index (χ1) is 11.5. The van der Waals surface area contributed by atoms with Crippen molar-refractivity contribution in [2.45, 2.75) is 45.6 Å². The normalized spacial score (nSPS) is 17.9. The number of hydrogen-bond acceptors (Lipinski definition) is 5. The van der Waals surface area contributed by atoms with Gasteiger partial charge >= 0.3 is 0 Å². The predicted octanol–water partition coefficient (Wildman–Crippen LogP) is 4.09. The summed E-state index contributed by atoms with van der Waals surface area (Å²) in [5.74, 6) is 0.632. The van der Waals surface area contributed by atoms with Gasteiger partial charge in [0, 0.05) is 13.6 Å². The maximum Gasteiger partial charge on any atom is 0.228 e. The van der Waals surface area contributed by atoms with Crippen LogP contribution in [-0.4, -0.2) is 48.7 Å². The van der Waals surface area contributed by atoms with Crippen molar-refractivity contribution in [3.8, 4) is 5.88 Å². The molecule has 0 N–H and O–H groups in total. The van der Waals surface area contributed by atoms with E-state index in [4.69, 9.17) is 9.57 Å². The SMILES string of the molecule is CCN(C)/C=N/c1cc(Br)c(OC2CCC(=NOC)CC2)nc1C. The van der Waals surface area contributed by atoms with Gasteiger partial charge in [-0.25, -0.2) is 9.98 Å². The molecule has 0 radical (unpaired) electrons. The number of hydrogen-bond donors (Lipinski definition) is 0. The third-order valence-electron chi connectivity index (χ3n) is 4.01. The number of nitrogens with zero attached hydrogens (tertiary/aromatic N) is 4. The Labute approximate surface area is 152 Å². The van der Waals surface area contributed by atoms with E-state index in [1.807, 2.05) is 31.3 Å². The summed E-state index contributed by atoms with van der Waals surface area (Å²) < 4.78 is 6.91. The van der Waals surface area contributed by atoms with Crippen molar-refractivity contribution in [3.05, 3.63) is 16.2 Å². The number of pyridine rings is 1. The van der Waals surface area contributed by atoms with E-state index >= 15 is 0 Å². The van der Waals surface area contributed by atoms with Crippen molar-refractivity contribution < 1.29 is 9.57 Å². The minimum absolute atomic E-state index is 0.157. The minimum atomic E-state index is 0.157. The fourth-order valence-electron chi connectivity index (χ4n) is 2.43. The molecule has 0 amide bonds. The molecule has 0 aliphatic heterocycles. The second-order valence-electron chi connectivity index (χ2n) is 5.85. The van der Waals surface area contributed by atoms with Crippen LogP contribution in [0.2, 0.25) is 0 Å². The summed E-state index contributed by atoms with van der Waals surface area (Å²) in [6.07, 6.45) is 5.63. The topological polar surface area (TPSA) is 59.3 Å². The highest BCUT2D eigenvalue weighted by molar-refractivity contribution is 9.10. The number of rotatable bonds is 6. The highest BCUT2D eigenvalue weighted by Crippen LogP contribution is 2.32. The molecular formula is C17H25BrN4O2. The Bertz CT molecular complexity index is 609. The van der Waals surface area contributed by atoms with Gasteiger partial charge in [-0.2, -0.15) is 0 Å². The molecule has 1 heterocycles. The van der Waals surface area contributed by atoms with Crippen LogP contribution < -0.4 is 4.74 Å². The molecular weight excluding hydrogens is 372 g/mol. The molecule has 1 aliphatic carbocycles. The molecule has 132 valence electrons. The van der Waals surface area contributed by atoms with Crippen LogP contribution >= 0.6 is 15.9 Å². The first kappa shape index (κ1) is 18.7. The molecule has 6 nitrogen and oxygen atoms in total. The Balaban J connectivity index is 2.03. The zero-order valence-corrected chi connectivity index (χ0v) is 16.3. The lowest BCUT2D eigenvalue weighted by molar-refractivity contribution is 0.164. The minimum Gasteiger partial charge on any atom is -0.474 e. The molecule has 1 aromatic rings. The van der Waals surface area contributed by atoms with Crippen LogP contribution in [-0.2, 0) is 4.84 Å². The standard InChI is InChI=1S/C17H25BrN4O2/c1-5-22(3)11-19-16-10-15(18)17(20-12(16)2)24-14-8-6-13(7-9-14)21-23-4/h10-11,14H,5-9H2,1-4H3/b19-11+,21-13?. The van der Waals surface area contributed by atoms with Crippen LogP contribution in [0.25, 0.3) is 0 Å². The zero-order valence-electron chi connectivity index (χ0n) is 14.8. The third-order valence-corrected chi connectivity index (χ3v) is 4.58. The number of aromatic nitrogens is 1. The predicted molar refractivity (Wildman–Crippen MR) is 100 cm³/mol. The second-order valence-corrected chi connectivity index (χ2v) is 6.71. The maximum absolute atomic E-state index is 6.08. The summed E-state index contributed by atoms with van der Waals surface area (Å²) in [7, 11) is 3.57. The summed E-state index contributed by atoms with van der Waals surface area (Å²) >= 11 is 3.55. The van der Waals surface area contributed by atoms with Gasteiger partial charge < -0.3 is 14.5 Å². The van der Waals surface area contributed by atoms with E-state index in [2.05, 4.69) is 38.0 Å². The smallest absolute Gasteiger partial charge is 0.228 e. The van der Waals surface area contributed by atoms with Gasteiger partial charge in [-0.05, 0) is 61.5 Å². The molecule has 0 unspecified atom stereocenters. The van der Waals surface area contributed by atoms with Crippen molar-refractivity contribution in [1.29, 1.82) is 0 Å². The first-order valence-electron chi connectivity index (χ1n) is 8.20. The largest absolute Gasteiger partial charge is 0.474 e. The zero-order chi connectivity index (χ0) is 17.5. The lowest BCUT2D eigenvalue weighted by Crippen LogP contribution is -2.24. The number of aliphatic imine (C=N–C) groups is 1. The van der Waals surface area contributed by atoms with Crippen molar-refractivity contribution >= 4 is 33.7 Å². The fourth-order valence-corrected chi connectivity index (χ4v) is 2.82. The van der Waals surface area contributed by atoms with Crippen LogP contribution in [0.1, 0.15) is 38.3 Å². The molecule has 1 aliphatic rings. The molecule has 7 heteroatoms. The quantitative estimate of drug-likeness (QED) is 0.412. The Morgan fingerprint density at radius 2 is 2.12 bits per heavy atom. The van der Waals surface area contributed by atoms with Gasteiger partial charge in [-0.1, -0.05) is 5.16 Å². The lowest BCUT2D eigenvalue weighted by atomic mass is 9.96. The van der Waals surface area contributed by atoms with Gasteiger partial charge in [0.1, 0.15) is 13.2 Å². The molecule has 0 atom stereocenters. The summed E-state index contributed by atoms with van der Waals surface area (Å²) in [6, 6.07) is 1.96. The number of ether oxygens (including phenoxy) is 1. The third kappa shape index (κ3) is 5.19. The van der Waals surface area contributed by atoms with E-state index in [1.165, 1.54) is 0 Å². The van der Waals surface area contributed by atoms with Crippen molar-refractivity contribution in [2.24, 2.45) is 10.1 Å². The molecule has 1 saturated carbocycles. The molecule has 0 spiro atoms. The van der Waals surface area contributed by atoms with Crippen molar-refractivity contribution in [1.82, 2.24) is 9.88 Å². The van der Waals surface area contributed by atoms with Crippen LogP contribution in [0.3, 0.4) is 0 Å². The molecule has 2 rings (SSSR count). The summed E-state index contributed by atoms with van der Waals surface area (Å²) in [5, 5.41) is 4.03. The highest BCUT2D eigenvalue weighted by Gasteiger charge is 2.21. The van der Waals surface area contributed by atoms with Gasteiger partial charge in [-0.15, -0.1) is 0 Å². The molecule has 24 heavy (non-hydrogen) atoms. The average Bonchev–Trinajstić information content (AvgIpc) is 2.58. The van der Waals surface area contributed by atoms with Crippen LogP contribution in [0.4, 0.5) is 5.69 Å². The first-order valence-corrected chi connectivity index (χ1v) is 8.99. The molecule has 1 aromatic heterocycles. The fraction of sp³-hybridized carbons (Fsp3) is 0.588. The van der Waals surface area contributed by atoms with Gasteiger partial charge in [0.2, 0.25) is 5.88 Å². The summed E-state index contributed by atoms with van der Waals surface area (Å²) in [6.45, 7) is 4.94. The van der Waals surface area contributed by atoms with Gasteiger partial charge in [0.25, 0.3) is 0 Å². The van der Waals surface area contributed by atoms with E-state index in [0.29, 0.717) is 5.88 Å². The summed E-state index contributed by atoms with van der Waals surface area (Å²) in [4.78, 5) is 15.9. The maximum atomic E-state index is 6.08. The summed E-state index contributed by atoms with van der Waals surface area (Å²) in [5.41, 5.74) is 2.80. The number of aryl methyl sites for hydroxylation is 1. The van der Waals surface area contributed by atoms with Crippen molar-refractivity contribution in [2.75, 3.05) is 20.7 Å². The van der Waals surface area contributed by atoms with E-state index in [-0.39, 0.29) is 6.10 Å². The Kier molecular flexibility index (Phi) is 7.02. The van der Waals surface area contributed by atoms with Gasteiger partial charge in [0.15, 0.2) is 0 Å². The van der Waals surface area contributed by atoms with E-state index in [0.717, 1.165) is 53.8 Å².